The lowest BCUT2D eigenvalue weighted by Gasteiger charge is -2.13. The maximum absolute atomic E-state index is 11.4. The second kappa shape index (κ2) is 6.51. The molecule has 0 radical (unpaired) electrons. The predicted molar refractivity (Wildman–Crippen MR) is 60.3 cm³/mol. The van der Waals surface area contributed by atoms with Crippen molar-refractivity contribution in [2.24, 2.45) is 0 Å². The average Bonchev–Trinajstić information content (AvgIpc) is 2.78. The Morgan fingerprint density at radius 1 is 1.59 bits per heavy atom. The summed E-state index contributed by atoms with van der Waals surface area (Å²) in [5.41, 5.74) is 0.752. The van der Waals surface area contributed by atoms with E-state index in [-0.39, 0.29) is 6.54 Å². The van der Waals surface area contributed by atoms with Gasteiger partial charge in [0.25, 0.3) is 0 Å². The number of nitrogens with one attached hydrogen (secondary N) is 3. The summed E-state index contributed by atoms with van der Waals surface area (Å²) in [4.78, 5) is 28.8. The zero-order chi connectivity index (χ0) is 12.7. The maximum atomic E-state index is 11.4. The highest BCUT2D eigenvalue weighted by molar-refractivity contribution is 5.82. The molecule has 0 bridgehead atoms. The van der Waals surface area contributed by atoms with Gasteiger partial charge in [0.1, 0.15) is 6.04 Å². The molecule has 1 heterocycles. The second-order valence-corrected chi connectivity index (χ2v) is 3.58. The van der Waals surface area contributed by atoms with E-state index < -0.39 is 18.0 Å². The lowest BCUT2D eigenvalue weighted by molar-refractivity contribution is -0.139. The number of carboxylic acids is 1. The van der Waals surface area contributed by atoms with Crippen LogP contribution in [0.2, 0.25) is 0 Å². The molecule has 0 aliphatic heterocycles. The summed E-state index contributed by atoms with van der Waals surface area (Å²) < 4.78 is 0. The summed E-state index contributed by atoms with van der Waals surface area (Å²) in [7, 11) is 0. The second-order valence-electron chi connectivity index (χ2n) is 3.58. The first-order chi connectivity index (χ1) is 8.13. The third-order valence-corrected chi connectivity index (χ3v) is 2.18. The first kappa shape index (κ1) is 13.0. The molecule has 1 aromatic rings. The van der Waals surface area contributed by atoms with Crippen LogP contribution in [0, 0.1) is 0 Å². The van der Waals surface area contributed by atoms with Crippen LogP contribution in [0.25, 0.3) is 0 Å². The quantitative estimate of drug-likeness (QED) is 0.579. The number of urea groups is 1. The van der Waals surface area contributed by atoms with Crippen molar-refractivity contribution in [3.05, 3.63) is 18.2 Å². The molecule has 0 spiro atoms. The van der Waals surface area contributed by atoms with Gasteiger partial charge in [0, 0.05) is 6.20 Å². The van der Waals surface area contributed by atoms with E-state index in [1.807, 2.05) is 6.92 Å². The van der Waals surface area contributed by atoms with Gasteiger partial charge in [-0.05, 0) is 6.42 Å². The molecule has 0 fully saturated rings. The molecule has 4 N–H and O–H groups in total. The van der Waals surface area contributed by atoms with Crippen LogP contribution in [0.4, 0.5) is 4.79 Å². The normalized spacial score (nSPS) is 11.8. The van der Waals surface area contributed by atoms with Gasteiger partial charge in [0.2, 0.25) is 0 Å². The van der Waals surface area contributed by atoms with Gasteiger partial charge < -0.3 is 20.7 Å². The number of carbonyl (C=O) groups excluding carboxylic acids is 1. The molecule has 0 aromatic carbocycles. The number of amides is 2. The van der Waals surface area contributed by atoms with Crippen LogP contribution < -0.4 is 10.6 Å². The largest absolute Gasteiger partial charge is 0.480 e. The number of imidazole rings is 1. The third kappa shape index (κ3) is 4.54. The van der Waals surface area contributed by atoms with Gasteiger partial charge in [-0.15, -0.1) is 0 Å². The predicted octanol–water partition coefficient (Wildman–Crippen LogP) is 0.462. The van der Waals surface area contributed by atoms with Crippen molar-refractivity contribution in [1.29, 1.82) is 0 Å². The van der Waals surface area contributed by atoms with Crippen LogP contribution in [-0.4, -0.2) is 33.1 Å². The Morgan fingerprint density at radius 2 is 2.35 bits per heavy atom. The molecule has 0 unspecified atom stereocenters. The monoisotopic (exact) mass is 240 g/mol. The molecule has 0 aliphatic carbocycles. The minimum absolute atomic E-state index is 0.282. The summed E-state index contributed by atoms with van der Waals surface area (Å²) in [6.45, 7) is 2.14. The fourth-order valence-electron chi connectivity index (χ4n) is 1.31. The van der Waals surface area contributed by atoms with Gasteiger partial charge in [0.15, 0.2) is 0 Å². The maximum Gasteiger partial charge on any atom is 0.326 e. The molecular weight excluding hydrogens is 224 g/mol. The van der Waals surface area contributed by atoms with Gasteiger partial charge in [-0.3, -0.25) is 0 Å². The van der Waals surface area contributed by atoms with E-state index >= 15 is 0 Å². The van der Waals surface area contributed by atoms with Crippen LogP contribution in [0.1, 0.15) is 25.5 Å². The summed E-state index contributed by atoms with van der Waals surface area (Å²) in [5.74, 6) is -1.02. The zero-order valence-corrected chi connectivity index (χ0v) is 9.56. The molecule has 1 rings (SSSR count). The molecule has 7 heteroatoms. The Balaban J connectivity index is 2.34. The smallest absolute Gasteiger partial charge is 0.326 e. The van der Waals surface area contributed by atoms with Crippen LogP contribution in [0.15, 0.2) is 12.5 Å². The van der Waals surface area contributed by atoms with Crippen molar-refractivity contribution < 1.29 is 14.7 Å². The number of hydrogen-bond donors (Lipinski definition) is 4. The van der Waals surface area contributed by atoms with Gasteiger partial charge in [-0.2, -0.15) is 0 Å². The van der Waals surface area contributed by atoms with Crippen molar-refractivity contribution in [1.82, 2.24) is 20.6 Å². The number of rotatable bonds is 6. The van der Waals surface area contributed by atoms with Crippen molar-refractivity contribution in [2.45, 2.75) is 32.4 Å². The molecule has 17 heavy (non-hydrogen) atoms. The molecular formula is C10H16N4O3. The van der Waals surface area contributed by atoms with Crippen LogP contribution >= 0.6 is 0 Å². The number of carboxylic acid groups (broad SMARTS) is 1. The number of nitrogens with zero attached hydrogens (tertiary/aromatic N) is 1. The molecule has 0 saturated carbocycles. The van der Waals surface area contributed by atoms with Crippen LogP contribution in [-0.2, 0) is 11.3 Å². The Hall–Kier alpha value is -2.05. The summed E-state index contributed by atoms with van der Waals surface area (Å²) >= 11 is 0. The highest BCUT2D eigenvalue weighted by Gasteiger charge is 2.18. The lowest BCUT2D eigenvalue weighted by Crippen LogP contribution is -2.45. The fraction of sp³-hybridized carbons (Fsp3) is 0.500. The van der Waals surface area contributed by atoms with Gasteiger partial charge in [-0.25, -0.2) is 14.6 Å². The van der Waals surface area contributed by atoms with E-state index in [0.717, 1.165) is 5.69 Å². The molecule has 2 amide bonds. The number of aromatic amines is 1. The van der Waals surface area contributed by atoms with Crippen molar-refractivity contribution in [3.8, 4) is 0 Å². The average molecular weight is 240 g/mol. The molecule has 0 aliphatic rings. The SMILES string of the molecule is CCC[C@@H](NC(=O)NCc1cnc[nH]1)C(=O)O. The molecule has 0 saturated heterocycles. The van der Waals surface area contributed by atoms with E-state index in [1.165, 1.54) is 6.33 Å². The van der Waals surface area contributed by atoms with E-state index in [0.29, 0.717) is 12.8 Å². The Morgan fingerprint density at radius 3 is 2.88 bits per heavy atom. The van der Waals surface area contributed by atoms with E-state index in [2.05, 4.69) is 20.6 Å². The highest BCUT2D eigenvalue weighted by Crippen LogP contribution is 1.97. The molecule has 94 valence electrons. The number of aromatic nitrogens is 2. The number of H-pyrrole nitrogens is 1. The first-order valence-corrected chi connectivity index (χ1v) is 5.38. The van der Waals surface area contributed by atoms with Crippen molar-refractivity contribution in [3.63, 3.8) is 0 Å². The van der Waals surface area contributed by atoms with E-state index in [4.69, 9.17) is 5.11 Å². The number of aliphatic carboxylic acids is 1. The third-order valence-electron chi connectivity index (χ3n) is 2.18. The fourth-order valence-corrected chi connectivity index (χ4v) is 1.31. The van der Waals surface area contributed by atoms with Crippen molar-refractivity contribution >= 4 is 12.0 Å². The standard InChI is InChI=1S/C10H16N4O3/c1-2-3-8(9(15)16)14-10(17)12-5-7-4-11-6-13-7/h4,6,8H,2-3,5H2,1H3,(H,11,13)(H,15,16)(H2,12,14,17)/t8-/m1/s1. The Bertz CT molecular complexity index is 364. The lowest BCUT2D eigenvalue weighted by atomic mass is 10.2. The van der Waals surface area contributed by atoms with Crippen LogP contribution in [0.5, 0.6) is 0 Å². The zero-order valence-electron chi connectivity index (χ0n) is 9.56. The highest BCUT2D eigenvalue weighted by atomic mass is 16.4. The van der Waals surface area contributed by atoms with Gasteiger partial charge in [-0.1, -0.05) is 13.3 Å². The van der Waals surface area contributed by atoms with Crippen LogP contribution in [0.3, 0.4) is 0 Å². The van der Waals surface area contributed by atoms with E-state index in [1.54, 1.807) is 6.20 Å². The Labute approximate surface area is 98.6 Å². The summed E-state index contributed by atoms with van der Waals surface area (Å²) in [6, 6.07) is -1.35. The molecule has 1 aromatic heterocycles. The first-order valence-electron chi connectivity index (χ1n) is 5.38. The summed E-state index contributed by atoms with van der Waals surface area (Å²) in [5, 5.41) is 13.8. The minimum atomic E-state index is -1.02. The minimum Gasteiger partial charge on any atom is -0.480 e. The molecule has 1 atom stereocenters. The summed E-state index contributed by atoms with van der Waals surface area (Å²) in [6.07, 6.45) is 4.19. The van der Waals surface area contributed by atoms with E-state index in [9.17, 15) is 9.59 Å². The van der Waals surface area contributed by atoms with Gasteiger partial charge >= 0.3 is 12.0 Å². The Kier molecular flexibility index (Phi) is 4.99. The van der Waals surface area contributed by atoms with Crippen molar-refractivity contribution in [2.75, 3.05) is 0 Å². The molecule has 7 nitrogen and oxygen atoms in total. The number of carbonyl (C=O) groups is 2. The topological polar surface area (TPSA) is 107 Å². The van der Waals surface area contributed by atoms with Gasteiger partial charge in [0.05, 0.1) is 18.6 Å². The number of hydrogen-bond acceptors (Lipinski definition) is 3.